The highest BCUT2D eigenvalue weighted by Crippen LogP contribution is 2.54. The van der Waals surface area contributed by atoms with Crippen LogP contribution in [0.2, 0.25) is 0 Å². The van der Waals surface area contributed by atoms with Gasteiger partial charge in [0.2, 0.25) is 0 Å². The van der Waals surface area contributed by atoms with E-state index in [-0.39, 0.29) is 0 Å². The smallest absolute Gasteiger partial charge is 0.119 e. The van der Waals surface area contributed by atoms with E-state index in [2.05, 4.69) is 6.07 Å². The molecule has 0 atom stereocenters. The molecule has 1 aliphatic carbocycles. The summed E-state index contributed by atoms with van der Waals surface area (Å²) in [6, 6.07) is 5.94. The molecule has 1 fully saturated rings. The third-order valence-electron chi connectivity index (χ3n) is 3.70. The van der Waals surface area contributed by atoms with Gasteiger partial charge in [-0.3, -0.25) is 0 Å². The van der Waals surface area contributed by atoms with Crippen LogP contribution in [0.25, 0.3) is 0 Å². The van der Waals surface area contributed by atoms with E-state index in [1.54, 1.807) is 0 Å². The van der Waals surface area contributed by atoms with Gasteiger partial charge in [0.1, 0.15) is 5.75 Å². The molecule has 15 heavy (non-hydrogen) atoms. The van der Waals surface area contributed by atoms with Crippen LogP contribution in [0.3, 0.4) is 0 Å². The molecular weight excluding hydrogens is 204 g/mol. The van der Waals surface area contributed by atoms with E-state index in [1.165, 1.54) is 42.6 Å². The number of fused-ring (bicyclic) bond motifs is 1. The monoisotopic (exact) mass is 220 g/mol. The van der Waals surface area contributed by atoms with Crippen molar-refractivity contribution in [3.05, 3.63) is 23.8 Å². The molecule has 1 nitrogen and oxygen atoms in total. The minimum atomic E-state index is 0.430. The highest BCUT2D eigenvalue weighted by molar-refractivity contribution is 8.01. The summed E-state index contributed by atoms with van der Waals surface area (Å²) in [6.07, 6.45) is 7.85. The maximum Gasteiger partial charge on any atom is 0.119 e. The van der Waals surface area contributed by atoms with Gasteiger partial charge in [0.05, 0.1) is 0 Å². The van der Waals surface area contributed by atoms with Crippen molar-refractivity contribution in [2.45, 2.75) is 48.2 Å². The summed E-state index contributed by atoms with van der Waals surface area (Å²) in [6.45, 7) is 0. The number of phenolic OH excluding ortho intramolecular Hbond substituents is 1. The van der Waals surface area contributed by atoms with Crippen molar-refractivity contribution < 1.29 is 5.11 Å². The highest BCUT2D eigenvalue weighted by atomic mass is 32.2. The Hall–Kier alpha value is -0.630. The first kappa shape index (κ1) is 9.59. The molecule has 0 saturated heterocycles. The number of rotatable bonds is 0. The number of aromatic hydroxyl groups is 1. The Labute approximate surface area is 94.9 Å². The number of hydrogen-bond donors (Lipinski definition) is 1. The van der Waals surface area contributed by atoms with Crippen LogP contribution < -0.4 is 0 Å². The van der Waals surface area contributed by atoms with Crippen LogP contribution in [0.15, 0.2) is 23.1 Å². The molecule has 1 aliphatic heterocycles. The van der Waals surface area contributed by atoms with E-state index in [0.29, 0.717) is 10.5 Å². The maximum atomic E-state index is 9.83. The maximum absolute atomic E-state index is 9.83. The molecule has 1 N–H and O–H groups in total. The van der Waals surface area contributed by atoms with Crippen LogP contribution >= 0.6 is 11.8 Å². The summed E-state index contributed by atoms with van der Waals surface area (Å²) in [5.74, 6) is 0.502. The van der Waals surface area contributed by atoms with E-state index in [0.717, 1.165) is 6.42 Å². The first-order valence-corrected chi connectivity index (χ1v) is 6.61. The molecule has 0 radical (unpaired) electrons. The highest BCUT2D eigenvalue weighted by Gasteiger charge is 2.39. The molecule has 1 aromatic rings. The summed E-state index contributed by atoms with van der Waals surface area (Å²) in [7, 11) is 0. The van der Waals surface area contributed by atoms with E-state index in [9.17, 15) is 5.11 Å². The van der Waals surface area contributed by atoms with Crippen LogP contribution in [0.4, 0.5) is 0 Å². The van der Waals surface area contributed by atoms with Gasteiger partial charge in [0.25, 0.3) is 0 Å². The number of thioether (sulfide) groups is 1. The quantitative estimate of drug-likeness (QED) is 0.718. The largest absolute Gasteiger partial charge is 0.508 e. The third-order valence-corrected chi connectivity index (χ3v) is 5.29. The minimum absolute atomic E-state index is 0.430. The van der Waals surface area contributed by atoms with Crippen LogP contribution in [0, 0.1) is 0 Å². The molecule has 80 valence electrons. The Bertz CT molecular complexity index is 380. The number of hydrogen-bond acceptors (Lipinski definition) is 2. The van der Waals surface area contributed by atoms with Gasteiger partial charge in [-0.15, -0.1) is 11.8 Å². The molecule has 0 bridgehead atoms. The molecule has 2 aliphatic rings. The lowest BCUT2D eigenvalue weighted by atomic mass is 9.84. The van der Waals surface area contributed by atoms with Gasteiger partial charge >= 0.3 is 0 Å². The molecule has 1 aromatic carbocycles. The van der Waals surface area contributed by atoms with Crippen molar-refractivity contribution in [1.29, 1.82) is 0 Å². The summed E-state index contributed by atoms with van der Waals surface area (Å²) < 4.78 is 0.430. The molecular formula is C13H16OS. The molecule has 1 saturated carbocycles. The van der Waals surface area contributed by atoms with Gasteiger partial charge in [-0.2, -0.15) is 0 Å². The molecule has 2 heteroatoms. The van der Waals surface area contributed by atoms with Gasteiger partial charge in [-0.25, -0.2) is 0 Å². The van der Waals surface area contributed by atoms with E-state index < -0.39 is 0 Å². The molecule has 1 heterocycles. The predicted octanol–water partition coefficient (Wildman–Crippen LogP) is 3.74. The van der Waals surface area contributed by atoms with Crippen molar-refractivity contribution in [2.75, 3.05) is 0 Å². The standard InChI is InChI=1S/C13H16OS/c14-11-5-4-6-12-10(11)9-13(15-12)7-2-1-3-8-13/h4-6,14H,1-3,7-9H2. The second kappa shape index (κ2) is 3.44. The normalized spacial score (nSPS) is 22.9. The van der Waals surface area contributed by atoms with Crippen LogP contribution in [-0.2, 0) is 6.42 Å². The fourth-order valence-electron chi connectivity index (χ4n) is 2.89. The van der Waals surface area contributed by atoms with Gasteiger partial charge in [-0.1, -0.05) is 25.3 Å². The van der Waals surface area contributed by atoms with Gasteiger partial charge in [0, 0.05) is 15.2 Å². The predicted molar refractivity (Wildman–Crippen MR) is 63.5 cm³/mol. The Morgan fingerprint density at radius 2 is 1.93 bits per heavy atom. The number of phenols is 1. The molecule has 3 rings (SSSR count). The average Bonchev–Trinajstić information content (AvgIpc) is 2.59. The summed E-state index contributed by atoms with van der Waals surface area (Å²) in [4.78, 5) is 1.32. The Morgan fingerprint density at radius 1 is 1.13 bits per heavy atom. The van der Waals surface area contributed by atoms with Gasteiger partial charge in [-0.05, 0) is 31.4 Å². The van der Waals surface area contributed by atoms with E-state index in [1.807, 2.05) is 23.9 Å². The molecule has 0 aromatic heterocycles. The van der Waals surface area contributed by atoms with E-state index >= 15 is 0 Å². The molecule has 0 amide bonds. The topological polar surface area (TPSA) is 20.2 Å². The van der Waals surface area contributed by atoms with Crippen molar-refractivity contribution in [2.24, 2.45) is 0 Å². The first-order chi connectivity index (χ1) is 7.29. The zero-order chi connectivity index (χ0) is 10.3. The Kier molecular flexibility index (Phi) is 2.20. The van der Waals surface area contributed by atoms with Crippen LogP contribution in [-0.4, -0.2) is 9.85 Å². The van der Waals surface area contributed by atoms with Crippen molar-refractivity contribution >= 4 is 11.8 Å². The lowest BCUT2D eigenvalue weighted by molar-refractivity contribution is 0.394. The van der Waals surface area contributed by atoms with Crippen molar-refractivity contribution in [3.63, 3.8) is 0 Å². The SMILES string of the molecule is Oc1cccc2c1CC1(CCCCC1)S2. The second-order valence-electron chi connectivity index (χ2n) is 4.78. The van der Waals surface area contributed by atoms with Crippen molar-refractivity contribution in [3.8, 4) is 5.75 Å². The Balaban J connectivity index is 1.94. The Morgan fingerprint density at radius 3 is 2.67 bits per heavy atom. The van der Waals surface area contributed by atoms with E-state index in [4.69, 9.17) is 0 Å². The molecule has 1 spiro atoms. The van der Waals surface area contributed by atoms with Gasteiger partial charge < -0.3 is 5.11 Å². The minimum Gasteiger partial charge on any atom is -0.508 e. The van der Waals surface area contributed by atoms with Crippen molar-refractivity contribution in [1.82, 2.24) is 0 Å². The fourth-order valence-corrected chi connectivity index (χ4v) is 4.52. The lowest BCUT2D eigenvalue weighted by Crippen LogP contribution is -2.26. The number of benzene rings is 1. The summed E-state index contributed by atoms with van der Waals surface area (Å²) >= 11 is 2.01. The van der Waals surface area contributed by atoms with Crippen LogP contribution in [0.5, 0.6) is 5.75 Å². The summed E-state index contributed by atoms with van der Waals surface area (Å²) in [5, 5.41) is 9.83. The first-order valence-electron chi connectivity index (χ1n) is 5.79. The van der Waals surface area contributed by atoms with Gasteiger partial charge in [0.15, 0.2) is 0 Å². The van der Waals surface area contributed by atoms with Crippen LogP contribution in [0.1, 0.15) is 37.7 Å². The average molecular weight is 220 g/mol. The zero-order valence-corrected chi connectivity index (χ0v) is 9.65. The second-order valence-corrected chi connectivity index (χ2v) is 6.29. The third kappa shape index (κ3) is 1.55. The lowest BCUT2D eigenvalue weighted by Gasteiger charge is -2.32. The zero-order valence-electron chi connectivity index (χ0n) is 8.83. The summed E-state index contributed by atoms with van der Waals surface area (Å²) in [5.41, 5.74) is 1.20. The fraction of sp³-hybridized carbons (Fsp3) is 0.538. The molecule has 0 unspecified atom stereocenters.